The molecule has 0 unspecified atom stereocenters. The predicted molar refractivity (Wildman–Crippen MR) is 155 cm³/mol. The van der Waals surface area contributed by atoms with E-state index in [0.29, 0.717) is 0 Å². The highest BCUT2D eigenvalue weighted by atomic mass is 28.3. The maximum atomic E-state index is 2.43. The molecule has 0 fully saturated rings. The Hall–Kier alpha value is -2.12. The molecule has 0 heterocycles. The third kappa shape index (κ3) is 8.27. The van der Waals surface area contributed by atoms with Gasteiger partial charge in [-0.3, -0.25) is 0 Å². The van der Waals surface area contributed by atoms with Crippen molar-refractivity contribution in [2.24, 2.45) is 0 Å². The van der Waals surface area contributed by atoms with Gasteiger partial charge in [0.15, 0.2) is 0 Å². The monoisotopic (exact) mass is 470 g/mol. The van der Waals surface area contributed by atoms with Crippen LogP contribution in [0.5, 0.6) is 0 Å². The Bertz CT molecular complexity index is 795. The van der Waals surface area contributed by atoms with E-state index in [0.717, 1.165) is 0 Å². The van der Waals surface area contributed by atoms with Gasteiger partial charge in [0.25, 0.3) is 0 Å². The van der Waals surface area contributed by atoms with E-state index in [1.807, 2.05) is 0 Å². The molecule has 0 aliphatic rings. The zero-order chi connectivity index (χ0) is 24.0. The summed E-state index contributed by atoms with van der Waals surface area (Å²) < 4.78 is 0. The van der Waals surface area contributed by atoms with Gasteiger partial charge in [0, 0.05) is 0 Å². The second-order valence-corrected chi connectivity index (χ2v) is 12.9. The summed E-state index contributed by atoms with van der Waals surface area (Å²) in [4.78, 5) is 0. The molecule has 0 bridgehead atoms. The van der Waals surface area contributed by atoms with Crippen LogP contribution in [0.2, 0.25) is 0 Å². The topological polar surface area (TPSA) is 0 Å². The van der Waals surface area contributed by atoms with Crippen LogP contribution in [0, 0.1) is 0 Å². The van der Waals surface area contributed by atoms with Crippen LogP contribution in [0.25, 0.3) is 0 Å². The van der Waals surface area contributed by atoms with E-state index >= 15 is 0 Å². The molecule has 0 saturated heterocycles. The molecule has 0 spiro atoms. The first-order valence-electron chi connectivity index (χ1n) is 14.0. The predicted octanol–water partition coefficient (Wildman–Crippen LogP) is 7.13. The second-order valence-electron chi connectivity index (χ2n) is 10.0. The standard InChI is InChI=1S/C33H46Si/c1-4-7-10-13-28-16-22-31(23-17-28)34(32-24-18-29(19-25-32)14-11-8-5-2)33-26-20-30(21-27-33)15-12-9-6-3/h16-27,34H,4-15H2,1-3H3. The highest BCUT2D eigenvalue weighted by Crippen LogP contribution is 2.10. The molecule has 0 amide bonds. The number of aryl methyl sites for hydroxylation is 3. The van der Waals surface area contributed by atoms with Gasteiger partial charge in [-0.15, -0.1) is 0 Å². The Morgan fingerprint density at radius 1 is 0.382 bits per heavy atom. The van der Waals surface area contributed by atoms with E-state index in [-0.39, 0.29) is 0 Å². The number of benzene rings is 3. The maximum absolute atomic E-state index is 2.43. The van der Waals surface area contributed by atoms with Gasteiger partial charge < -0.3 is 0 Å². The zero-order valence-electron chi connectivity index (χ0n) is 22.0. The molecule has 3 aromatic rings. The maximum Gasteiger partial charge on any atom is 0.132 e. The third-order valence-electron chi connectivity index (χ3n) is 7.15. The molecule has 0 aliphatic heterocycles. The normalized spacial score (nSPS) is 11.3. The highest BCUT2D eigenvalue weighted by molar-refractivity contribution is 6.95. The lowest BCUT2D eigenvalue weighted by Gasteiger charge is -2.19. The smallest absolute Gasteiger partial charge is 0.0654 e. The quantitative estimate of drug-likeness (QED) is 0.126. The van der Waals surface area contributed by atoms with Crippen LogP contribution in [-0.4, -0.2) is 8.80 Å². The van der Waals surface area contributed by atoms with E-state index in [1.54, 1.807) is 0 Å². The molecule has 0 aromatic heterocycles. The molecule has 0 N–H and O–H groups in total. The SMILES string of the molecule is CCCCCc1ccc([SiH](c2ccc(CCCCC)cc2)c2ccc(CCCCC)cc2)cc1. The van der Waals surface area contributed by atoms with E-state index < -0.39 is 8.80 Å². The average Bonchev–Trinajstić information content (AvgIpc) is 2.87. The van der Waals surface area contributed by atoms with Crippen LogP contribution < -0.4 is 15.6 Å². The van der Waals surface area contributed by atoms with Crippen molar-refractivity contribution in [1.82, 2.24) is 0 Å². The van der Waals surface area contributed by atoms with E-state index in [4.69, 9.17) is 0 Å². The Kier molecular flexibility index (Phi) is 11.7. The van der Waals surface area contributed by atoms with Gasteiger partial charge in [0.05, 0.1) is 0 Å². The second kappa shape index (κ2) is 15.0. The fourth-order valence-electron chi connectivity index (χ4n) is 4.94. The Labute approximate surface area is 211 Å². The Morgan fingerprint density at radius 2 is 0.647 bits per heavy atom. The lowest BCUT2D eigenvalue weighted by atomic mass is 10.1. The first-order valence-corrected chi connectivity index (χ1v) is 15.7. The van der Waals surface area contributed by atoms with E-state index in [2.05, 4.69) is 93.6 Å². The molecule has 34 heavy (non-hydrogen) atoms. The van der Waals surface area contributed by atoms with Crippen molar-refractivity contribution < 1.29 is 0 Å². The fourth-order valence-corrected chi connectivity index (χ4v) is 7.83. The molecular weight excluding hydrogens is 424 g/mol. The molecule has 0 saturated carbocycles. The van der Waals surface area contributed by atoms with Gasteiger partial charge in [-0.05, 0) is 55.2 Å². The number of hydrogen-bond donors (Lipinski definition) is 0. The number of rotatable bonds is 15. The highest BCUT2D eigenvalue weighted by Gasteiger charge is 2.19. The Balaban J connectivity index is 1.83. The third-order valence-corrected chi connectivity index (χ3v) is 10.3. The lowest BCUT2D eigenvalue weighted by molar-refractivity contribution is 0.717. The first kappa shape index (κ1) is 26.5. The van der Waals surface area contributed by atoms with Crippen molar-refractivity contribution in [3.8, 4) is 0 Å². The largest absolute Gasteiger partial charge is 0.132 e. The molecule has 0 nitrogen and oxygen atoms in total. The van der Waals surface area contributed by atoms with Crippen molar-refractivity contribution in [3.05, 3.63) is 89.5 Å². The minimum absolute atomic E-state index is 1.21. The summed E-state index contributed by atoms with van der Waals surface area (Å²) in [5.41, 5.74) is 4.47. The van der Waals surface area contributed by atoms with Crippen LogP contribution in [0.15, 0.2) is 72.8 Å². The van der Waals surface area contributed by atoms with Gasteiger partial charge in [-0.2, -0.15) is 0 Å². The van der Waals surface area contributed by atoms with Crippen molar-refractivity contribution >= 4 is 24.4 Å². The zero-order valence-corrected chi connectivity index (χ0v) is 23.1. The molecule has 0 atom stereocenters. The molecular formula is C33H46Si. The summed E-state index contributed by atoms with van der Waals surface area (Å²) in [6.45, 7) is 6.84. The fraction of sp³-hybridized carbons (Fsp3) is 0.455. The molecule has 3 aromatic carbocycles. The van der Waals surface area contributed by atoms with E-state index in [1.165, 1.54) is 109 Å². The van der Waals surface area contributed by atoms with Gasteiger partial charge >= 0.3 is 0 Å². The molecule has 3 rings (SSSR count). The summed E-state index contributed by atoms with van der Waals surface area (Å²) >= 11 is 0. The van der Waals surface area contributed by atoms with Crippen LogP contribution in [0.3, 0.4) is 0 Å². The van der Waals surface area contributed by atoms with Crippen molar-refractivity contribution in [2.75, 3.05) is 0 Å². The minimum atomic E-state index is -1.47. The summed E-state index contributed by atoms with van der Waals surface area (Å²) in [5, 5.41) is 4.62. The summed E-state index contributed by atoms with van der Waals surface area (Å²) in [5.74, 6) is 0. The van der Waals surface area contributed by atoms with Gasteiger partial charge in [-0.1, -0.05) is 148 Å². The lowest BCUT2D eigenvalue weighted by Crippen LogP contribution is -2.52. The summed E-state index contributed by atoms with van der Waals surface area (Å²) in [6.07, 6.45) is 15.4. The molecule has 0 aliphatic carbocycles. The van der Waals surface area contributed by atoms with Gasteiger partial charge in [0.2, 0.25) is 0 Å². The Morgan fingerprint density at radius 3 is 0.882 bits per heavy atom. The first-order chi connectivity index (χ1) is 16.7. The molecule has 182 valence electrons. The van der Waals surface area contributed by atoms with Crippen molar-refractivity contribution in [3.63, 3.8) is 0 Å². The summed E-state index contributed by atoms with van der Waals surface area (Å²) in [6, 6.07) is 29.0. The van der Waals surface area contributed by atoms with Crippen LogP contribution >= 0.6 is 0 Å². The van der Waals surface area contributed by atoms with E-state index in [9.17, 15) is 0 Å². The van der Waals surface area contributed by atoms with Crippen molar-refractivity contribution in [1.29, 1.82) is 0 Å². The van der Waals surface area contributed by atoms with Crippen LogP contribution in [0.1, 0.15) is 95.2 Å². The molecule has 0 radical (unpaired) electrons. The van der Waals surface area contributed by atoms with Crippen molar-refractivity contribution in [2.45, 2.75) is 97.8 Å². The van der Waals surface area contributed by atoms with Crippen LogP contribution in [0.4, 0.5) is 0 Å². The summed E-state index contributed by atoms with van der Waals surface area (Å²) in [7, 11) is -1.47. The number of hydrogen-bond acceptors (Lipinski definition) is 0. The number of unbranched alkanes of at least 4 members (excludes halogenated alkanes) is 6. The average molecular weight is 471 g/mol. The van der Waals surface area contributed by atoms with Crippen LogP contribution in [-0.2, 0) is 19.3 Å². The van der Waals surface area contributed by atoms with Gasteiger partial charge in [-0.25, -0.2) is 0 Å². The minimum Gasteiger partial charge on any atom is -0.0654 e. The van der Waals surface area contributed by atoms with Gasteiger partial charge in [0.1, 0.15) is 8.80 Å². The molecule has 1 heteroatoms.